The zero-order chi connectivity index (χ0) is 20.1. The first-order valence-corrected chi connectivity index (χ1v) is 8.93. The first-order valence-electron chi connectivity index (χ1n) is 8.11. The molecule has 0 amide bonds. The minimum Gasteiger partial charge on any atom is -0.439 e. The van der Waals surface area contributed by atoms with Crippen LogP contribution in [0.4, 0.5) is 13.2 Å². The highest BCUT2D eigenvalue weighted by Gasteiger charge is 2.35. The maximum Gasteiger partial charge on any atom is 0.416 e. The van der Waals surface area contributed by atoms with E-state index in [1.807, 2.05) is 6.07 Å². The standard InChI is InChI=1S/C20H11F3N2O2S/c21-20(22,23)11-7-5-10(6-8-11)15-13(9-24)18(25)27-17-12-3-1-2-4-14(12)28-19(26)16(15)17/h1-8,15H,25H2. The van der Waals surface area contributed by atoms with Crippen LogP contribution in [0.2, 0.25) is 0 Å². The lowest BCUT2D eigenvalue weighted by Crippen LogP contribution is -2.25. The Labute approximate surface area is 160 Å². The Hall–Kier alpha value is -3.31. The van der Waals surface area contributed by atoms with Gasteiger partial charge >= 0.3 is 6.18 Å². The van der Waals surface area contributed by atoms with E-state index in [2.05, 4.69) is 0 Å². The van der Waals surface area contributed by atoms with Gasteiger partial charge in [-0.3, -0.25) is 4.79 Å². The van der Waals surface area contributed by atoms with Crippen molar-refractivity contribution in [1.82, 2.24) is 0 Å². The normalized spacial score (nSPS) is 16.4. The molecule has 4 rings (SSSR count). The van der Waals surface area contributed by atoms with Gasteiger partial charge in [-0.15, -0.1) is 0 Å². The van der Waals surface area contributed by atoms with Gasteiger partial charge in [-0.2, -0.15) is 18.4 Å². The fourth-order valence-electron chi connectivity index (χ4n) is 3.26. The third-order valence-electron chi connectivity index (χ3n) is 4.55. The van der Waals surface area contributed by atoms with Crippen molar-refractivity contribution in [3.05, 3.63) is 86.2 Å². The predicted molar refractivity (Wildman–Crippen MR) is 98.8 cm³/mol. The number of allylic oxidation sites excluding steroid dienone is 1. The molecule has 3 aromatic rings. The number of hydrogen-bond acceptors (Lipinski definition) is 5. The molecule has 0 spiro atoms. The Bertz CT molecular complexity index is 1220. The largest absolute Gasteiger partial charge is 0.439 e. The van der Waals surface area contributed by atoms with Crippen molar-refractivity contribution < 1.29 is 17.9 Å². The summed E-state index contributed by atoms with van der Waals surface area (Å²) < 4.78 is 44.7. The van der Waals surface area contributed by atoms with Crippen molar-refractivity contribution in [3.63, 3.8) is 0 Å². The number of ether oxygens (including phenoxy) is 1. The highest BCUT2D eigenvalue weighted by atomic mass is 32.1. The van der Waals surface area contributed by atoms with Gasteiger partial charge in [-0.05, 0) is 29.8 Å². The van der Waals surface area contributed by atoms with Gasteiger partial charge in [0, 0.05) is 10.1 Å². The average Bonchev–Trinajstić information content (AvgIpc) is 2.66. The summed E-state index contributed by atoms with van der Waals surface area (Å²) in [5.41, 5.74) is 5.67. The molecule has 1 aliphatic rings. The Balaban J connectivity index is 1.98. The van der Waals surface area contributed by atoms with Crippen LogP contribution in [0.25, 0.3) is 10.1 Å². The van der Waals surface area contributed by atoms with Crippen LogP contribution in [0.3, 0.4) is 0 Å². The molecule has 0 radical (unpaired) electrons. The Morgan fingerprint density at radius 2 is 1.79 bits per heavy atom. The van der Waals surface area contributed by atoms with Crippen molar-refractivity contribution in [3.8, 4) is 11.8 Å². The van der Waals surface area contributed by atoms with E-state index in [-0.39, 0.29) is 27.5 Å². The lowest BCUT2D eigenvalue weighted by molar-refractivity contribution is -0.137. The molecule has 0 saturated carbocycles. The van der Waals surface area contributed by atoms with Crippen LogP contribution in [0, 0.1) is 11.3 Å². The third-order valence-corrected chi connectivity index (χ3v) is 5.53. The lowest BCUT2D eigenvalue weighted by atomic mass is 9.84. The first-order chi connectivity index (χ1) is 13.3. The molecule has 2 heterocycles. The number of benzene rings is 2. The fourth-order valence-corrected chi connectivity index (χ4v) is 4.20. The number of hydrogen-bond donors (Lipinski definition) is 1. The maximum atomic E-state index is 12.9. The second-order valence-corrected chi connectivity index (χ2v) is 7.19. The molecule has 0 fully saturated rings. The van der Waals surface area contributed by atoms with Gasteiger partial charge in [-0.25, -0.2) is 0 Å². The van der Waals surface area contributed by atoms with Crippen molar-refractivity contribution in [2.24, 2.45) is 5.73 Å². The summed E-state index contributed by atoms with van der Waals surface area (Å²) in [4.78, 5) is 12.8. The molecule has 28 heavy (non-hydrogen) atoms. The summed E-state index contributed by atoms with van der Waals surface area (Å²) in [5.74, 6) is -0.828. The first kappa shape index (κ1) is 18.1. The molecule has 8 heteroatoms. The summed E-state index contributed by atoms with van der Waals surface area (Å²) in [5, 5.41) is 10.2. The molecule has 0 saturated heterocycles. The number of fused-ring (bicyclic) bond motifs is 3. The molecule has 4 nitrogen and oxygen atoms in total. The Morgan fingerprint density at radius 3 is 2.43 bits per heavy atom. The topological polar surface area (TPSA) is 76.1 Å². The van der Waals surface area contributed by atoms with E-state index in [0.717, 1.165) is 23.5 Å². The van der Waals surface area contributed by atoms with Crippen molar-refractivity contribution in [2.75, 3.05) is 0 Å². The molecule has 1 atom stereocenters. The quantitative estimate of drug-likeness (QED) is 0.653. The lowest BCUT2D eigenvalue weighted by Gasteiger charge is -2.26. The van der Waals surface area contributed by atoms with Gasteiger partial charge in [0.1, 0.15) is 17.4 Å². The molecule has 0 bridgehead atoms. The second kappa shape index (κ2) is 6.39. The summed E-state index contributed by atoms with van der Waals surface area (Å²) >= 11 is 0.988. The fraction of sp³-hybridized carbons (Fsp3) is 0.100. The number of nitrogens with two attached hydrogens (primary N) is 1. The monoisotopic (exact) mass is 400 g/mol. The van der Waals surface area contributed by atoms with E-state index in [1.54, 1.807) is 24.3 Å². The zero-order valence-corrected chi connectivity index (χ0v) is 14.9. The van der Waals surface area contributed by atoms with E-state index in [4.69, 9.17) is 10.5 Å². The van der Waals surface area contributed by atoms with Crippen LogP contribution in [0.5, 0.6) is 5.75 Å². The highest BCUT2D eigenvalue weighted by Crippen LogP contribution is 2.44. The van der Waals surface area contributed by atoms with Crippen LogP contribution < -0.4 is 15.2 Å². The van der Waals surface area contributed by atoms with Gasteiger partial charge in [0.2, 0.25) is 10.6 Å². The number of rotatable bonds is 1. The zero-order valence-electron chi connectivity index (χ0n) is 14.1. The predicted octanol–water partition coefficient (Wildman–Crippen LogP) is 4.50. The Morgan fingerprint density at radius 1 is 1.11 bits per heavy atom. The van der Waals surface area contributed by atoms with E-state index in [9.17, 15) is 23.2 Å². The van der Waals surface area contributed by atoms with Crippen molar-refractivity contribution >= 4 is 21.4 Å². The highest BCUT2D eigenvalue weighted by molar-refractivity contribution is 7.16. The number of alkyl halides is 3. The summed E-state index contributed by atoms with van der Waals surface area (Å²) in [6.45, 7) is 0. The van der Waals surface area contributed by atoms with Gasteiger partial charge in [-0.1, -0.05) is 35.6 Å². The Kier molecular flexibility index (Phi) is 4.12. The van der Waals surface area contributed by atoms with Crippen LogP contribution >= 0.6 is 11.3 Å². The van der Waals surface area contributed by atoms with E-state index in [1.165, 1.54) is 12.1 Å². The van der Waals surface area contributed by atoms with Crippen molar-refractivity contribution in [1.29, 1.82) is 5.26 Å². The SMILES string of the molecule is N#CC1=C(N)Oc2c(c(=O)sc3ccccc23)C1c1ccc(C(F)(F)F)cc1. The van der Waals surface area contributed by atoms with Crippen LogP contribution in [0.1, 0.15) is 22.6 Å². The van der Waals surface area contributed by atoms with E-state index < -0.39 is 17.7 Å². The molecule has 0 aliphatic carbocycles. The minimum atomic E-state index is -4.49. The molecule has 140 valence electrons. The molecular weight excluding hydrogens is 389 g/mol. The summed E-state index contributed by atoms with van der Waals surface area (Å²) in [6, 6.07) is 13.4. The van der Waals surface area contributed by atoms with Gasteiger partial charge in [0.15, 0.2) is 0 Å². The van der Waals surface area contributed by atoms with Gasteiger partial charge in [0.05, 0.1) is 17.0 Å². The summed E-state index contributed by atoms with van der Waals surface area (Å²) in [7, 11) is 0. The van der Waals surface area contributed by atoms with Crippen LogP contribution in [-0.4, -0.2) is 0 Å². The minimum absolute atomic E-state index is 0.00756. The number of halogens is 3. The maximum absolute atomic E-state index is 12.9. The van der Waals surface area contributed by atoms with Gasteiger partial charge < -0.3 is 10.5 Å². The smallest absolute Gasteiger partial charge is 0.416 e. The molecule has 1 unspecified atom stereocenters. The average molecular weight is 400 g/mol. The molecule has 2 aromatic carbocycles. The van der Waals surface area contributed by atoms with E-state index in [0.29, 0.717) is 15.6 Å². The third kappa shape index (κ3) is 2.80. The molecule has 2 N–H and O–H groups in total. The van der Waals surface area contributed by atoms with Gasteiger partial charge in [0.25, 0.3) is 0 Å². The van der Waals surface area contributed by atoms with Crippen LogP contribution in [-0.2, 0) is 6.18 Å². The number of nitriles is 1. The van der Waals surface area contributed by atoms with Crippen molar-refractivity contribution in [2.45, 2.75) is 12.1 Å². The summed E-state index contributed by atoms with van der Waals surface area (Å²) in [6.07, 6.45) is -4.49. The molecular formula is C20H11F3N2O2S. The van der Waals surface area contributed by atoms with Crippen LogP contribution in [0.15, 0.2) is 64.8 Å². The number of nitrogens with zero attached hydrogens (tertiary/aromatic N) is 1. The molecule has 1 aromatic heterocycles. The second-order valence-electron chi connectivity index (χ2n) is 6.17. The molecule has 1 aliphatic heterocycles. The van der Waals surface area contributed by atoms with E-state index >= 15 is 0 Å².